The van der Waals surface area contributed by atoms with E-state index in [9.17, 15) is 0 Å². The maximum atomic E-state index is 5.73. The van der Waals surface area contributed by atoms with Crippen molar-refractivity contribution in [1.29, 1.82) is 0 Å². The Morgan fingerprint density at radius 1 is 1.33 bits per heavy atom. The zero-order valence-electron chi connectivity index (χ0n) is 8.57. The molecule has 3 heteroatoms. The van der Waals surface area contributed by atoms with Crippen LogP contribution in [0.1, 0.15) is 5.56 Å². The van der Waals surface area contributed by atoms with Crippen LogP contribution in [0, 0.1) is 0 Å². The molecule has 15 heavy (non-hydrogen) atoms. The van der Waals surface area contributed by atoms with Gasteiger partial charge in [0.1, 0.15) is 5.75 Å². The molecule has 0 aliphatic heterocycles. The third-order valence-electron chi connectivity index (χ3n) is 2.32. The molecule has 0 radical (unpaired) electrons. The number of hydrogen-bond donors (Lipinski definition) is 1. The van der Waals surface area contributed by atoms with Gasteiger partial charge in [-0.25, -0.2) is 0 Å². The summed E-state index contributed by atoms with van der Waals surface area (Å²) in [7, 11) is 1.67. The van der Waals surface area contributed by atoms with Crippen LogP contribution in [0.25, 0.3) is 10.4 Å². The van der Waals surface area contributed by atoms with Crippen molar-refractivity contribution >= 4 is 11.3 Å². The Hall–Kier alpha value is -1.32. The van der Waals surface area contributed by atoms with Crippen molar-refractivity contribution in [2.24, 2.45) is 5.73 Å². The molecule has 0 spiro atoms. The fourth-order valence-corrected chi connectivity index (χ4v) is 2.33. The molecule has 0 aliphatic rings. The first-order chi connectivity index (χ1) is 7.35. The van der Waals surface area contributed by atoms with Gasteiger partial charge < -0.3 is 10.5 Å². The minimum atomic E-state index is 0.532. The highest BCUT2D eigenvalue weighted by Gasteiger charge is 2.05. The average molecular weight is 219 g/mol. The molecule has 78 valence electrons. The number of thiophene rings is 1. The van der Waals surface area contributed by atoms with Crippen molar-refractivity contribution in [3.63, 3.8) is 0 Å². The van der Waals surface area contributed by atoms with Gasteiger partial charge in [0.2, 0.25) is 0 Å². The molecule has 0 fully saturated rings. The lowest BCUT2D eigenvalue weighted by Crippen LogP contribution is -1.99. The Bertz CT molecular complexity index is 437. The van der Waals surface area contributed by atoms with Crippen molar-refractivity contribution in [2.45, 2.75) is 6.54 Å². The lowest BCUT2D eigenvalue weighted by atomic mass is 10.1. The van der Waals surface area contributed by atoms with Crippen molar-refractivity contribution in [2.75, 3.05) is 7.11 Å². The Morgan fingerprint density at radius 2 is 2.20 bits per heavy atom. The summed E-state index contributed by atoms with van der Waals surface area (Å²) in [5, 5.41) is 2.07. The second-order valence-corrected chi connectivity index (χ2v) is 4.15. The molecule has 0 saturated heterocycles. The second kappa shape index (κ2) is 4.47. The first-order valence-electron chi connectivity index (χ1n) is 4.76. The van der Waals surface area contributed by atoms with E-state index in [4.69, 9.17) is 10.5 Å². The highest BCUT2D eigenvalue weighted by Crippen LogP contribution is 2.30. The van der Waals surface area contributed by atoms with Crippen LogP contribution < -0.4 is 10.5 Å². The van der Waals surface area contributed by atoms with Gasteiger partial charge in [-0.2, -0.15) is 0 Å². The quantitative estimate of drug-likeness (QED) is 0.861. The summed E-state index contributed by atoms with van der Waals surface area (Å²) in [6.45, 7) is 0.532. The minimum Gasteiger partial charge on any atom is -0.497 e. The van der Waals surface area contributed by atoms with E-state index in [1.165, 1.54) is 10.4 Å². The number of benzene rings is 1. The number of rotatable bonds is 3. The molecule has 2 rings (SSSR count). The molecule has 0 unspecified atom stereocenters. The standard InChI is InChI=1S/C12H13NOS/c1-14-10-4-5-11(9(7-10)8-13)12-3-2-6-15-12/h2-7H,8,13H2,1H3. The van der Waals surface area contributed by atoms with Crippen LogP contribution in [0.4, 0.5) is 0 Å². The van der Waals surface area contributed by atoms with Gasteiger partial charge in [-0.15, -0.1) is 11.3 Å². The van der Waals surface area contributed by atoms with Crippen molar-refractivity contribution in [1.82, 2.24) is 0 Å². The highest BCUT2D eigenvalue weighted by atomic mass is 32.1. The van der Waals surface area contributed by atoms with E-state index in [0.29, 0.717) is 6.54 Å². The molecule has 1 aromatic heterocycles. The molecule has 0 bridgehead atoms. The maximum Gasteiger partial charge on any atom is 0.119 e. The topological polar surface area (TPSA) is 35.2 Å². The van der Waals surface area contributed by atoms with Gasteiger partial charge in [-0.1, -0.05) is 6.07 Å². The molecular formula is C12H13NOS. The van der Waals surface area contributed by atoms with Crippen LogP contribution in [-0.4, -0.2) is 7.11 Å². The molecule has 0 atom stereocenters. The first kappa shape index (κ1) is 10.2. The van der Waals surface area contributed by atoms with Gasteiger partial charge in [0.25, 0.3) is 0 Å². The fraction of sp³-hybridized carbons (Fsp3) is 0.167. The first-order valence-corrected chi connectivity index (χ1v) is 5.64. The summed E-state index contributed by atoms with van der Waals surface area (Å²) in [6, 6.07) is 10.2. The fourth-order valence-electron chi connectivity index (χ4n) is 1.54. The summed E-state index contributed by atoms with van der Waals surface area (Å²) in [6.07, 6.45) is 0. The van der Waals surface area contributed by atoms with Crippen LogP contribution in [0.15, 0.2) is 35.7 Å². The summed E-state index contributed by atoms with van der Waals surface area (Å²) >= 11 is 1.72. The predicted octanol–water partition coefficient (Wildman–Crippen LogP) is 2.88. The zero-order chi connectivity index (χ0) is 10.7. The van der Waals surface area contributed by atoms with Gasteiger partial charge in [-0.3, -0.25) is 0 Å². The molecule has 0 aliphatic carbocycles. The Morgan fingerprint density at radius 3 is 2.80 bits per heavy atom. The number of ether oxygens (including phenoxy) is 1. The minimum absolute atomic E-state index is 0.532. The van der Waals surface area contributed by atoms with E-state index in [0.717, 1.165) is 11.3 Å². The third-order valence-corrected chi connectivity index (χ3v) is 3.22. The van der Waals surface area contributed by atoms with Crippen LogP contribution in [0.5, 0.6) is 5.75 Å². The monoisotopic (exact) mass is 219 g/mol. The van der Waals surface area contributed by atoms with Gasteiger partial charge in [0, 0.05) is 11.4 Å². The van der Waals surface area contributed by atoms with Gasteiger partial charge in [-0.05, 0) is 40.8 Å². The normalized spacial score (nSPS) is 10.3. The largest absolute Gasteiger partial charge is 0.497 e. The predicted molar refractivity (Wildman–Crippen MR) is 64.2 cm³/mol. The van der Waals surface area contributed by atoms with Gasteiger partial charge in [0.15, 0.2) is 0 Å². The molecule has 1 aromatic carbocycles. The number of nitrogens with two attached hydrogens (primary N) is 1. The van der Waals surface area contributed by atoms with Gasteiger partial charge in [0.05, 0.1) is 7.11 Å². The molecular weight excluding hydrogens is 206 g/mol. The van der Waals surface area contributed by atoms with Crippen LogP contribution in [0.2, 0.25) is 0 Å². The lowest BCUT2D eigenvalue weighted by molar-refractivity contribution is 0.414. The van der Waals surface area contributed by atoms with Crippen molar-refractivity contribution in [3.8, 4) is 16.2 Å². The van der Waals surface area contributed by atoms with E-state index in [-0.39, 0.29) is 0 Å². The third kappa shape index (κ3) is 2.03. The SMILES string of the molecule is COc1ccc(-c2cccs2)c(CN)c1. The second-order valence-electron chi connectivity index (χ2n) is 3.20. The van der Waals surface area contributed by atoms with Crippen molar-refractivity contribution in [3.05, 3.63) is 41.3 Å². The van der Waals surface area contributed by atoms with E-state index in [1.54, 1.807) is 18.4 Å². The van der Waals surface area contributed by atoms with E-state index in [1.807, 2.05) is 18.2 Å². The van der Waals surface area contributed by atoms with Crippen LogP contribution in [-0.2, 0) is 6.54 Å². The van der Waals surface area contributed by atoms with E-state index < -0.39 is 0 Å². The average Bonchev–Trinajstić information content (AvgIpc) is 2.81. The molecule has 2 aromatic rings. The summed E-state index contributed by atoms with van der Waals surface area (Å²) in [5.41, 5.74) is 8.05. The molecule has 0 amide bonds. The Kier molecular flexibility index (Phi) is 3.04. The molecule has 2 nitrogen and oxygen atoms in total. The highest BCUT2D eigenvalue weighted by molar-refractivity contribution is 7.13. The molecule has 0 saturated carbocycles. The molecule has 2 N–H and O–H groups in total. The van der Waals surface area contributed by atoms with Crippen molar-refractivity contribution < 1.29 is 4.74 Å². The molecule has 1 heterocycles. The number of methoxy groups -OCH3 is 1. The van der Waals surface area contributed by atoms with Gasteiger partial charge >= 0.3 is 0 Å². The summed E-state index contributed by atoms with van der Waals surface area (Å²) in [5.74, 6) is 0.857. The summed E-state index contributed by atoms with van der Waals surface area (Å²) in [4.78, 5) is 1.25. The number of hydrogen-bond acceptors (Lipinski definition) is 3. The Balaban J connectivity index is 2.48. The zero-order valence-corrected chi connectivity index (χ0v) is 9.38. The van der Waals surface area contributed by atoms with Crippen LogP contribution >= 0.6 is 11.3 Å². The van der Waals surface area contributed by atoms with Crippen LogP contribution in [0.3, 0.4) is 0 Å². The van der Waals surface area contributed by atoms with E-state index >= 15 is 0 Å². The summed E-state index contributed by atoms with van der Waals surface area (Å²) < 4.78 is 5.18. The lowest BCUT2D eigenvalue weighted by Gasteiger charge is -2.08. The Labute approximate surface area is 93.3 Å². The van der Waals surface area contributed by atoms with E-state index in [2.05, 4.69) is 17.5 Å². The smallest absolute Gasteiger partial charge is 0.119 e. The maximum absolute atomic E-state index is 5.73.